The molecule has 0 spiro atoms. The predicted octanol–water partition coefficient (Wildman–Crippen LogP) is 5.29. The van der Waals surface area contributed by atoms with Crippen LogP contribution in [0.5, 0.6) is 11.5 Å². The van der Waals surface area contributed by atoms with E-state index in [1.807, 2.05) is 19.9 Å². The molecule has 3 rings (SSSR count). The summed E-state index contributed by atoms with van der Waals surface area (Å²) in [5.41, 5.74) is 2.52. The van der Waals surface area contributed by atoms with Crippen molar-refractivity contribution in [3.63, 3.8) is 0 Å². The summed E-state index contributed by atoms with van der Waals surface area (Å²) in [5, 5.41) is 0. The number of Topliss-reactive ketones (excluding diaryl/α,β-unsaturated/α-hetero) is 1. The SMILES string of the molecule is C.CC.CC(C)C.COc1cc2c(cc1OC)C1CC(=O)CCN1CC2. The van der Waals surface area contributed by atoms with Crippen LogP contribution in [0.15, 0.2) is 12.1 Å². The first-order chi connectivity index (χ1) is 12.0. The molecule has 1 saturated heterocycles. The molecule has 0 bridgehead atoms. The fourth-order valence-corrected chi connectivity index (χ4v) is 3.17. The molecular weight excluding hydrogens is 326 g/mol. The number of methoxy groups -OCH3 is 2. The maximum Gasteiger partial charge on any atom is 0.161 e. The van der Waals surface area contributed by atoms with Crippen molar-refractivity contribution < 1.29 is 14.3 Å². The molecule has 0 saturated carbocycles. The summed E-state index contributed by atoms with van der Waals surface area (Å²) < 4.78 is 10.7. The molecule has 150 valence electrons. The van der Waals surface area contributed by atoms with Crippen molar-refractivity contribution in [2.45, 2.75) is 67.3 Å². The number of hydrogen-bond donors (Lipinski definition) is 0. The predicted molar refractivity (Wildman–Crippen MR) is 110 cm³/mol. The van der Waals surface area contributed by atoms with Crippen LogP contribution in [0, 0.1) is 5.92 Å². The molecule has 0 N–H and O–H groups in total. The third-order valence-corrected chi connectivity index (χ3v) is 4.21. The number of hydrogen-bond acceptors (Lipinski definition) is 4. The maximum absolute atomic E-state index is 11.7. The minimum Gasteiger partial charge on any atom is -0.493 e. The van der Waals surface area contributed by atoms with E-state index in [1.165, 1.54) is 11.1 Å². The molecule has 0 aliphatic carbocycles. The fraction of sp³-hybridized carbons (Fsp3) is 0.682. The van der Waals surface area contributed by atoms with Gasteiger partial charge in [0, 0.05) is 32.0 Å². The lowest BCUT2D eigenvalue weighted by Gasteiger charge is -2.40. The number of nitrogens with zero attached hydrogens (tertiary/aromatic N) is 1. The van der Waals surface area contributed by atoms with E-state index in [2.05, 4.69) is 31.7 Å². The Morgan fingerprint density at radius 2 is 1.50 bits per heavy atom. The van der Waals surface area contributed by atoms with Crippen LogP contribution in [0.3, 0.4) is 0 Å². The molecule has 4 heteroatoms. The number of ketones is 1. The van der Waals surface area contributed by atoms with Crippen molar-refractivity contribution in [3.8, 4) is 11.5 Å². The van der Waals surface area contributed by atoms with Crippen LogP contribution in [0.25, 0.3) is 0 Å². The third kappa shape index (κ3) is 6.31. The molecule has 0 radical (unpaired) electrons. The summed E-state index contributed by atoms with van der Waals surface area (Å²) in [4.78, 5) is 14.1. The molecule has 1 unspecified atom stereocenters. The Hall–Kier alpha value is -1.55. The molecule has 2 aliphatic heterocycles. The van der Waals surface area contributed by atoms with Crippen molar-refractivity contribution in [1.29, 1.82) is 0 Å². The monoisotopic (exact) mass is 365 g/mol. The minimum absolute atomic E-state index is 0. The van der Waals surface area contributed by atoms with Crippen molar-refractivity contribution in [1.82, 2.24) is 4.90 Å². The van der Waals surface area contributed by atoms with Gasteiger partial charge in [0.05, 0.1) is 14.2 Å². The van der Waals surface area contributed by atoms with Gasteiger partial charge in [-0.05, 0) is 35.6 Å². The average Bonchev–Trinajstić information content (AvgIpc) is 2.61. The highest BCUT2D eigenvalue weighted by Crippen LogP contribution is 2.40. The van der Waals surface area contributed by atoms with Crippen LogP contribution < -0.4 is 9.47 Å². The second-order valence-corrected chi connectivity index (χ2v) is 6.93. The highest BCUT2D eigenvalue weighted by Gasteiger charge is 2.33. The molecule has 1 aromatic rings. The van der Waals surface area contributed by atoms with Gasteiger partial charge >= 0.3 is 0 Å². The van der Waals surface area contributed by atoms with Crippen molar-refractivity contribution >= 4 is 5.78 Å². The van der Waals surface area contributed by atoms with Crippen molar-refractivity contribution in [2.24, 2.45) is 5.92 Å². The van der Waals surface area contributed by atoms with Crippen LogP contribution in [0.1, 0.15) is 72.1 Å². The molecule has 1 atom stereocenters. The van der Waals surface area contributed by atoms with Crippen LogP contribution in [-0.4, -0.2) is 38.0 Å². The number of ether oxygens (including phenoxy) is 2. The van der Waals surface area contributed by atoms with E-state index in [9.17, 15) is 4.79 Å². The van der Waals surface area contributed by atoms with E-state index in [1.54, 1.807) is 14.2 Å². The van der Waals surface area contributed by atoms with E-state index < -0.39 is 0 Å². The maximum atomic E-state index is 11.7. The van der Waals surface area contributed by atoms with E-state index in [-0.39, 0.29) is 13.5 Å². The van der Waals surface area contributed by atoms with Gasteiger partial charge in [0.1, 0.15) is 5.78 Å². The highest BCUT2D eigenvalue weighted by molar-refractivity contribution is 5.80. The van der Waals surface area contributed by atoms with Gasteiger partial charge in [-0.3, -0.25) is 9.69 Å². The normalized spacial score (nSPS) is 18.2. The summed E-state index contributed by atoms with van der Waals surface area (Å²) >= 11 is 0. The van der Waals surface area contributed by atoms with Crippen LogP contribution in [0.2, 0.25) is 0 Å². The Morgan fingerprint density at radius 3 is 2.04 bits per heavy atom. The van der Waals surface area contributed by atoms with E-state index in [4.69, 9.17) is 9.47 Å². The average molecular weight is 366 g/mol. The summed E-state index contributed by atoms with van der Waals surface area (Å²) in [6, 6.07) is 4.33. The smallest absolute Gasteiger partial charge is 0.161 e. The number of rotatable bonds is 2. The topological polar surface area (TPSA) is 38.8 Å². The molecule has 2 aliphatic rings. The Labute approximate surface area is 160 Å². The Bertz CT molecular complexity index is 552. The zero-order chi connectivity index (χ0) is 19.0. The largest absolute Gasteiger partial charge is 0.493 e. The van der Waals surface area contributed by atoms with Gasteiger partial charge in [0.2, 0.25) is 0 Å². The molecule has 0 amide bonds. The molecule has 26 heavy (non-hydrogen) atoms. The van der Waals surface area contributed by atoms with Gasteiger partial charge in [0.15, 0.2) is 11.5 Å². The lowest BCUT2D eigenvalue weighted by molar-refractivity contribution is -0.123. The zero-order valence-corrected chi connectivity index (χ0v) is 17.0. The molecule has 4 nitrogen and oxygen atoms in total. The van der Waals surface area contributed by atoms with Gasteiger partial charge in [0.25, 0.3) is 0 Å². The third-order valence-electron chi connectivity index (χ3n) is 4.21. The number of carbonyl (C=O) groups is 1. The minimum atomic E-state index is 0. The molecule has 1 aromatic carbocycles. The number of carbonyl (C=O) groups excluding carboxylic acids is 1. The Balaban J connectivity index is 0.000000795. The molecule has 0 aromatic heterocycles. The first kappa shape index (κ1) is 24.5. The fourth-order valence-electron chi connectivity index (χ4n) is 3.17. The molecule has 2 heterocycles. The molecular formula is C22H39NO3. The van der Waals surface area contributed by atoms with Gasteiger partial charge in [-0.15, -0.1) is 0 Å². The lowest BCUT2D eigenvalue weighted by atomic mass is 9.86. The summed E-state index contributed by atoms with van der Waals surface area (Å²) in [5.74, 6) is 2.72. The first-order valence-corrected chi connectivity index (χ1v) is 9.46. The summed E-state index contributed by atoms with van der Waals surface area (Å²) in [6.07, 6.45) is 2.34. The lowest BCUT2D eigenvalue weighted by Crippen LogP contribution is -2.41. The second kappa shape index (κ2) is 11.9. The van der Waals surface area contributed by atoms with Crippen LogP contribution in [0.4, 0.5) is 0 Å². The van der Waals surface area contributed by atoms with E-state index in [0.717, 1.165) is 36.9 Å². The van der Waals surface area contributed by atoms with Gasteiger partial charge in [-0.1, -0.05) is 42.0 Å². The summed E-state index contributed by atoms with van der Waals surface area (Å²) in [7, 11) is 3.31. The van der Waals surface area contributed by atoms with Gasteiger partial charge < -0.3 is 9.47 Å². The van der Waals surface area contributed by atoms with Crippen molar-refractivity contribution in [3.05, 3.63) is 23.3 Å². The van der Waals surface area contributed by atoms with Gasteiger partial charge in [-0.2, -0.15) is 0 Å². The Kier molecular flexibility index (Phi) is 11.2. The zero-order valence-electron chi connectivity index (χ0n) is 17.0. The van der Waals surface area contributed by atoms with E-state index >= 15 is 0 Å². The number of benzene rings is 1. The van der Waals surface area contributed by atoms with Crippen LogP contribution in [-0.2, 0) is 11.2 Å². The highest BCUT2D eigenvalue weighted by atomic mass is 16.5. The first-order valence-electron chi connectivity index (χ1n) is 9.46. The number of piperidine rings is 1. The molecule has 1 fully saturated rings. The van der Waals surface area contributed by atoms with E-state index in [0.29, 0.717) is 18.6 Å². The quantitative estimate of drug-likeness (QED) is 0.714. The standard InChI is InChI=1S/C15H19NO3.C4H10.C2H6.CH4/c1-18-14-7-10-3-5-16-6-4-11(17)8-13(16)12(10)9-15(14)19-2;1-4(2)3;1-2;/h7,9,13H,3-6,8H2,1-2H3;4H,1-3H3;1-2H3;1H4. The summed E-state index contributed by atoms with van der Waals surface area (Å²) in [6.45, 7) is 12.4. The van der Waals surface area contributed by atoms with Gasteiger partial charge in [-0.25, -0.2) is 0 Å². The van der Waals surface area contributed by atoms with Crippen LogP contribution >= 0.6 is 0 Å². The second-order valence-electron chi connectivity index (χ2n) is 6.93. The van der Waals surface area contributed by atoms with Crippen molar-refractivity contribution in [2.75, 3.05) is 27.3 Å². The number of fused-ring (bicyclic) bond motifs is 3. The Morgan fingerprint density at radius 1 is 1.00 bits per heavy atom.